The van der Waals surface area contributed by atoms with E-state index in [0.29, 0.717) is 5.92 Å². The molecule has 0 aliphatic heterocycles. The Hall–Kier alpha value is -7.74. The van der Waals surface area contributed by atoms with Crippen molar-refractivity contribution in [2.75, 3.05) is 4.90 Å². The second-order valence-electron chi connectivity index (χ2n) is 17.0. The molecule has 0 heterocycles. The van der Waals surface area contributed by atoms with Crippen molar-refractivity contribution in [2.24, 2.45) is 0 Å². The lowest BCUT2D eigenvalue weighted by Gasteiger charge is -2.35. The van der Waals surface area contributed by atoms with Crippen molar-refractivity contribution in [3.05, 3.63) is 270 Å². The van der Waals surface area contributed by atoms with Crippen LogP contribution in [-0.2, 0) is 5.41 Å². The lowest BCUT2D eigenvalue weighted by atomic mass is 9.67. The van der Waals surface area contributed by atoms with Gasteiger partial charge in [-0.3, -0.25) is 0 Å². The fourth-order valence-corrected chi connectivity index (χ4v) is 10.2. The third-order valence-electron chi connectivity index (χ3n) is 13.1. The summed E-state index contributed by atoms with van der Waals surface area (Å²) in [7, 11) is 0. The van der Waals surface area contributed by atoms with Gasteiger partial charge in [0.05, 0.1) is 5.41 Å². The van der Waals surface area contributed by atoms with E-state index in [2.05, 4.69) is 261 Å². The van der Waals surface area contributed by atoms with Crippen molar-refractivity contribution >= 4 is 27.8 Å². The Morgan fingerprint density at radius 3 is 1.32 bits per heavy atom. The molecule has 0 bridgehead atoms. The summed E-state index contributed by atoms with van der Waals surface area (Å²) in [6.07, 6.45) is 0. The van der Waals surface area contributed by atoms with Crippen molar-refractivity contribution < 1.29 is 0 Å². The van der Waals surface area contributed by atoms with Gasteiger partial charge in [-0.2, -0.15) is 0 Å². The van der Waals surface area contributed by atoms with Gasteiger partial charge in [0, 0.05) is 17.1 Å². The molecule has 1 aliphatic rings. The predicted octanol–water partition coefficient (Wildman–Crippen LogP) is 16.8. The zero-order valence-electron chi connectivity index (χ0n) is 35.6. The van der Waals surface area contributed by atoms with Crippen LogP contribution in [0.3, 0.4) is 0 Å². The van der Waals surface area contributed by atoms with Crippen LogP contribution in [0.1, 0.15) is 47.6 Å². The van der Waals surface area contributed by atoms with Crippen LogP contribution in [-0.4, -0.2) is 0 Å². The highest BCUT2D eigenvalue weighted by atomic mass is 15.1. The average molecular weight is 806 g/mol. The van der Waals surface area contributed by atoms with Crippen LogP contribution in [0.4, 0.5) is 17.1 Å². The molecule has 1 aliphatic carbocycles. The first-order valence-electron chi connectivity index (χ1n) is 22.1. The highest BCUT2D eigenvalue weighted by Crippen LogP contribution is 2.59. The SMILES string of the molecule is CC(C)c1cccc2c1-c1ccc(N(c3ccc(-c4ccccc4)cc3)c3ccc(-c4cc5ccccc5cc4-c4ccccc4)cc3)cc1C2(c1ccccc1)c1ccccc1. The van der Waals surface area contributed by atoms with Gasteiger partial charge >= 0.3 is 0 Å². The summed E-state index contributed by atoms with van der Waals surface area (Å²) in [5.74, 6) is 0.359. The van der Waals surface area contributed by atoms with Gasteiger partial charge in [-0.05, 0) is 138 Å². The molecule has 300 valence electrons. The van der Waals surface area contributed by atoms with E-state index >= 15 is 0 Å². The third kappa shape index (κ3) is 6.56. The molecule has 0 N–H and O–H groups in total. The Morgan fingerprint density at radius 1 is 0.333 bits per heavy atom. The molecule has 1 nitrogen and oxygen atoms in total. The lowest BCUT2D eigenvalue weighted by Crippen LogP contribution is -2.28. The van der Waals surface area contributed by atoms with Crippen LogP contribution < -0.4 is 4.90 Å². The first kappa shape index (κ1) is 38.2. The molecule has 10 aromatic carbocycles. The summed E-state index contributed by atoms with van der Waals surface area (Å²) in [5.41, 5.74) is 19.2. The molecule has 0 saturated heterocycles. The van der Waals surface area contributed by atoms with Gasteiger partial charge in [0.15, 0.2) is 0 Å². The molecular formula is C62H47N. The minimum atomic E-state index is -0.523. The highest BCUT2D eigenvalue weighted by molar-refractivity contribution is 5.97. The number of hydrogen-bond acceptors (Lipinski definition) is 1. The van der Waals surface area contributed by atoms with Gasteiger partial charge in [-0.1, -0.05) is 208 Å². The molecule has 10 aromatic rings. The van der Waals surface area contributed by atoms with Gasteiger partial charge in [0.1, 0.15) is 0 Å². The van der Waals surface area contributed by atoms with Crippen LogP contribution in [0.25, 0.3) is 55.3 Å². The van der Waals surface area contributed by atoms with Crippen LogP contribution >= 0.6 is 0 Å². The smallest absolute Gasteiger partial charge is 0.0714 e. The molecule has 0 saturated carbocycles. The van der Waals surface area contributed by atoms with Crippen molar-refractivity contribution in [3.8, 4) is 44.5 Å². The summed E-state index contributed by atoms with van der Waals surface area (Å²) in [4.78, 5) is 2.43. The van der Waals surface area contributed by atoms with Gasteiger partial charge < -0.3 is 4.90 Å². The minimum absolute atomic E-state index is 0.359. The molecule has 0 radical (unpaired) electrons. The average Bonchev–Trinajstić information content (AvgIpc) is 3.66. The second kappa shape index (κ2) is 15.9. The number of hydrogen-bond donors (Lipinski definition) is 0. The van der Waals surface area contributed by atoms with E-state index in [4.69, 9.17) is 0 Å². The van der Waals surface area contributed by atoms with E-state index < -0.39 is 5.41 Å². The monoisotopic (exact) mass is 805 g/mol. The molecule has 0 fully saturated rings. The van der Waals surface area contributed by atoms with Gasteiger partial charge in [0.25, 0.3) is 0 Å². The normalized spacial score (nSPS) is 12.6. The maximum Gasteiger partial charge on any atom is 0.0714 e. The molecule has 63 heavy (non-hydrogen) atoms. The summed E-state index contributed by atoms with van der Waals surface area (Å²) < 4.78 is 0. The van der Waals surface area contributed by atoms with E-state index in [9.17, 15) is 0 Å². The molecular weight excluding hydrogens is 759 g/mol. The Bertz CT molecular complexity index is 3170. The Morgan fingerprint density at radius 2 is 0.778 bits per heavy atom. The quantitative estimate of drug-likeness (QED) is 0.140. The highest BCUT2D eigenvalue weighted by Gasteiger charge is 2.47. The van der Waals surface area contributed by atoms with Crippen LogP contribution in [0.5, 0.6) is 0 Å². The van der Waals surface area contributed by atoms with Crippen molar-refractivity contribution in [3.63, 3.8) is 0 Å². The largest absolute Gasteiger partial charge is 0.310 e. The summed E-state index contributed by atoms with van der Waals surface area (Å²) >= 11 is 0. The fraction of sp³-hybridized carbons (Fsp3) is 0.0645. The van der Waals surface area contributed by atoms with Gasteiger partial charge in [-0.15, -0.1) is 0 Å². The predicted molar refractivity (Wildman–Crippen MR) is 266 cm³/mol. The maximum absolute atomic E-state index is 2.48. The first-order chi connectivity index (χ1) is 31.1. The van der Waals surface area contributed by atoms with Gasteiger partial charge in [0.2, 0.25) is 0 Å². The van der Waals surface area contributed by atoms with E-state index in [1.165, 1.54) is 83.1 Å². The maximum atomic E-state index is 2.48. The summed E-state index contributed by atoms with van der Waals surface area (Å²) in [6.45, 7) is 4.64. The zero-order valence-corrected chi connectivity index (χ0v) is 35.6. The standard InChI is InChI=1S/C62H47N/c1-43(2)55-28-17-29-59-61(55)56-39-38-54(42-60(56)62(59,50-24-11-5-12-25-50)51-26-13-6-14-27-51)63(52-34-30-45(31-35-52)44-18-7-3-8-19-44)53-36-32-47(33-37-53)58-41-49-23-16-15-22-48(49)40-57(58)46-20-9-4-10-21-46/h3-43H,1-2H3. The van der Waals surface area contributed by atoms with E-state index in [1.54, 1.807) is 0 Å². The topological polar surface area (TPSA) is 3.24 Å². The molecule has 0 amide bonds. The molecule has 0 spiro atoms. The molecule has 0 atom stereocenters. The van der Waals surface area contributed by atoms with Crippen molar-refractivity contribution in [1.82, 2.24) is 0 Å². The molecule has 0 unspecified atom stereocenters. The lowest BCUT2D eigenvalue weighted by molar-refractivity contribution is 0.765. The van der Waals surface area contributed by atoms with Crippen molar-refractivity contribution in [1.29, 1.82) is 0 Å². The van der Waals surface area contributed by atoms with Gasteiger partial charge in [-0.25, -0.2) is 0 Å². The number of anilines is 3. The Labute approximate surface area is 371 Å². The van der Waals surface area contributed by atoms with E-state index in [1.807, 2.05) is 0 Å². The number of fused-ring (bicyclic) bond motifs is 4. The first-order valence-corrected chi connectivity index (χ1v) is 22.1. The Kier molecular flexibility index (Phi) is 9.67. The Balaban J connectivity index is 1.12. The third-order valence-corrected chi connectivity index (χ3v) is 13.1. The molecule has 0 aromatic heterocycles. The number of nitrogens with zero attached hydrogens (tertiary/aromatic N) is 1. The van der Waals surface area contributed by atoms with Crippen molar-refractivity contribution in [2.45, 2.75) is 25.2 Å². The number of benzene rings is 10. The fourth-order valence-electron chi connectivity index (χ4n) is 10.2. The minimum Gasteiger partial charge on any atom is -0.310 e. The molecule has 1 heteroatoms. The summed E-state index contributed by atoms with van der Waals surface area (Å²) in [6, 6.07) is 89.5. The second-order valence-corrected chi connectivity index (χ2v) is 17.0. The zero-order chi connectivity index (χ0) is 42.3. The summed E-state index contributed by atoms with van der Waals surface area (Å²) in [5, 5.41) is 2.47. The van der Waals surface area contributed by atoms with Crippen LogP contribution in [0, 0.1) is 0 Å². The molecule has 11 rings (SSSR count). The van der Waals surface area contributed by atoms with Crippen LogP contribution in [0.2, 0.25) is 0 Å². The van der Waals surface area contributed by atoms with Crippen LogP contribution in [0.15, 0.2) is 243 Å². The number of rotatable bonds is 9. The van der Waals surface area contributed by atoms with E-state index in [-0.39, 0.29) is 0 Å². The van der Waals surface area contributed by atoms with E-state index in [0.717, 1.165) is 17.1 Å².